The van der Waals surface area contributed by atoms with Crippen molar-refractivity contribution in [2.24, 2.45) is 5.10 Å². The molecular weight excluding hydrogens is 334 g/mol. The minimum atomic E-state index is -0.376. The minimum absolute atomic E-state index is 0.108. The molecule has 1 aliphatic rings. The van der Waals surface area contributed by atoms with Gasteiger partial charge in [-0.15, -0.1) is 5.10 Å². The van der Waals surface area contributed by atoms with Crippen LogP contribution in [-0.2, 0) is 16.0 Å². The van der Waals surface area contributed by atoms with E-state index in [-0.39, 0.29) is 18.2 Å². The van der Waals surface area contributed by atoms with Crippen LogP contribution in [0.15, 0.2) is 41.5 Å². The number of ether oxygens (including phenoxy) is 1. The number of carbonyl (C=O) groups is 2. The van der Waals surface area contributed by atoms with E-state index in [0.717, 1.165) is 17.0 Å². The van der Waals surface area contributed by atoms with E-state index in [1.54, 1.807) is 19.2 Å². The van der Waals surface area contributed by atoms with Crippen molar-refractivity contribution in [2.75, 3.05) is 19.5 Å². The fourth-order valence-electron chi connectivity index (χ4n) is 2.53. The molecule has 8 nitrogen and oxygen atoms in total. The van der Waals surface area contributed by atoms with Crippen molar-refractivity contribution in [3.05, 3.63) is 47.7 Å². The molecule has 8 heteroatoms. The highest BCUT2D eigenvalue weighted by Gasteiger charge is 2.22. The SMILES string of the molecule is COc1cccc(Cc2ccc(NC(=O)C3=NN(C)C(=O)CC3)nn2)c1. The summed E-state index contributed by atoms with van der Waals surface area (Å²) in [5, 5.41) is 16.0. The maximum atomic E-state index is 12.2. The van der Waals surface area contributed by atoms with Gasteiger partial charge in [0, 0.05) is 26.3 Å². The van der Waals surface area contributed by atoms with Crippen LogP contribution in [0.1, 0.15) is 24.1 Å². The Morgan fingerprint density at radius 2 is 2.08 bits per heavy atom. The number of hydrogen-bond donors (Lipinski definition) is 1. The molecule has 0 aliphatic carbocycles. The summed E-state index contributed by atoms with van der Waals surface area (Å²) >= 11 is 0. The number of aromatic nitrogens is 2. The summed E-state index contributed by atoms with van der Waals surface area (Å²) in [7, 11) is 3.16. The lowest BCUT2D eigenvalue weighted by molar-refractivity contribution is -0.130. The van der Waals surface area contributed by atoms with Gasteiger partial charge in [-0.3, -0.25) is 9.59 Å². The molecule has 0 saturated carbocycles. The number of hydrazone groups is 1. The summed E-state index contributed by atoms with van der Waals surface area (Å²) in [5.74, 6) is 0.644. The van der Waals surface area contributed by atoms with Crippen LogP contribution in [0.25, 0.3) is 0 Å². The van der Waals surface area contributed by atoms with Crippen LogP contribution in [0, 0.1) is 0 Å². The Balaban J connectivity index is 1.63. The molecule has 0 unspecified atom stereocenters. The first-order valence-corrected chi connectivity index (χ1v) is 8.16. The topological polar surface area (TPSA) is 96.8 Å². The molecule has 1 aromatic carbocycles. The van der Waals surface area contributed by atoms with Crippen LogP contribution in [0.5, 0.6) is 5.75 Å². The highest BCUT2D eigenvalue weighted by molar-refractivity contribution is 6.43. The van der Waals surface area contributed by atoms with Crippen LogP contribution in [0.4, 0.5) is 5.82 Å². The van der Waals surface area contributed by atoms with Gasteiger partial charge < -0.3 is 10.1 Å². The van der Waals surface area contributed by atoms with E-state index in [0.29, 0.717) is 24.4 Å². The number of carbonyl (C=O) groups excluding carboxylic acids is 2. The third kappa shape index (κ3) is 4.21. The third-order valence-electron chi connectivity index (χ3n) is 3.95. The van der Waals surface area contributed by atoms with Crippen LogP contribution >= 0.6 is 0 Å². The molecule has 0 radical (unpaired) electrons. The molecule has 1 aromatic heterocycles. The molecule has 0 atom stereocenters. The molecule has 0 fully saturated rings. The van der Waals surface area contributed by atoms with E-state index in [1.165, 1.54) is 12.1 Å². The van der Waals surface area contributed by atoms with Gasteiger partial charge in [-0.1, -0.05) is 12.1 Å². The molecule has 1 N–H and O–H groups in total. The summed E-state index contributed by atoms with van der Waals surface area (Å²) in [6.07, 6.45) is 1.20. The molecule has 134 valence electrons. The molecule has 3 rings (SSSR count). The molecule has 26 heavy (non-hydrogen) atoms. The maximum Gasteiger partial charge on any atom is 0.273 e. The van der Waals surface area contributed by atoms with Gasteiger partial charge in [-0.25, -0.2) is 5.01 Å². The van der Waals surface area contributed by atoms with Gasteiger partial charge in [0.25, 0.3) is 5.91 Å². The zero-order chi connectivity index (χ0) is 18.5. The molecule has 1 aliphatic heterocycles. The number of methoxy groups -OCH3 is 1. The van der Waals surface area contributed by atoms with Crippen LogP contribution in [-0.4, -0.2) is 46.9 Å². The first kappa shape index (κ1) is 17.5. The zero-order valence-electron chi connectivity index (χ0n) is 14.6. The Labute approximate surface area is 150 Å². The zero-order valence-corrected chi connectivity index (χ0v) is 14.6. The van der Waals surface area contributed by atoms with Crippen molar-refractivity contribution in [3.63, 3.8) is 0 Å². The first-order valence-electron chi connectivity index (χ1n) is 8.16. The van der Waals surface area contributed by atoms with E-state index in [9.17, 15) is 9.59 Å². The highest BCUT2D eigenvalue weighted by atomic mass is 16.5. The van der Waals surface area contributed by atoms with Crippen LogP contribution in [0.3, 0.4) is 0 Å². The Kier molecular flexibility index (Phi) is 5.21. The lowest BCUT2D eigenvalue weighted by Gasteiger charge is -2.18. The van der Waals surface area contributed by atoms with Gasteiger partial charge in [0.1, 0.15) is 11.5 Å². The lowest BCUT2D eigenvalue weighted by atomic mass is 10.1. The summed E-state index contributed by atoms with van der Waals surface area (Å²) < 4.78 is 5.21. The van der Waals surface area contributed by atoms with Crippen molar-refractivity contribution in [3.8, 4) is 5.75 Å². The Hall–Kier alpha value is -3.29. The van der Waals surface area contributed by atoms with Gasteiger partial charge in [-0.05, 0) is 29.8 Å². The Bertz CT molecular complexity index is 848. The number of benzene rings is 1. The summed E-state index contributed by atoms with van der Waals surface area (Å²) in [4.78, 5) is 23.6. The van der Waals surface area contributed by atoms with Gasteiger partial charge in [-0.2, -0.15) is 10.2 Å². The monoisotopic (exact) mass is 353 g/mol. The normalized spacial score (nSPS) is 14.0. The van der Waals surface area contributed by atoms with Crippen molar-refractivity contribution >= 4 is 23.3 Å². The average molecular weight is 353 g/mol. The van der Waals surface area contributed by atoms with Crippen molar-refractivity contribution < 1.29 is 14.3 Å². The number of amides is 2. The second kappa shape index (κ2) is 7.73. The predicted molar refractivity (Wildman–Crippen MR) is 95.9 cm³/mol. The summed E-state index contributed by atoms with van der Waals surface area (Å²) in [6.45, 7) is 0. The number of hydrogen-bond acceptors (Lipinski definition) is 6. The van der Waals surface area contributed by atoms with Crippen LogP contribution in [0.2, 0.25) is 0 Å². The van der Waals surface area contributed by atoms with E-state index >= 15 is 0 Å². The Morgan fingerprint density at radius 1 is 1.23 bits per heavy atom. The van der Waals surface area contributed by atoms with Gasteiger partial charge in [0.2, 0.25) is 5.91 Å². The molecule has 0 saturated heterocycles. The molecule has 2 amide bonds. The standard InChI is InChI=1S/C18H19N5O3/c1-23-17(24)9-7-15(22-23)18(25)19-16-8-6-13(20-21-16)10-12-4-3-5-14(11-12)26-2/h3-6,8,11H,7,9-10H2,1-2H3,(H,19,21,25). The van der Waals surface area contributed by atoms with Crippen molar-refractivity contribution in [2.45, 2.75) is 19.3 Å². The second-order valence-electron chi connectivity index (χ2n) is 5.86. The predicted octanol–water partition coefficient (Wildman–Crippen LogP) is 1.62. The van der Waals surface area contributed by atoms with Crippen molar-refractivity contribution in [1.82, 2.24) is 15.2 Å². The Morgan fingerprint density at radius 3 is 2.77 bits per heavy atom. The lowest BCUT2D eigenvalue weighted by Crippen LogP contribution is -2.34. The number of nitrogens with one attached hydrogen (secondary N) is 1. The smallest absolute Gasteiger partial charge is 0.273 e. The number of anilines is 1. The average Bonchev–Trinajstić information content (AvgIpc) is 2.65. The summed E-state index contributed by atoms with van der Waals surface area (Å²) in [5.41, 5.74) is 2.13. The number of nitrogens with zero attached hydrogens (tertiary/aromatic N) is 4. The van der Waals surface area contributed by atoms with Crippen LogP contribution < -0.4 is 10.1 Å². The van der Waals surface area contributed by atoms with Gasteiger partial charge in [0.15, 0.2) is 5.82 Å². The fraction of sp³-hybridized carbons (Fsp3) is 0.278. The van der Waals surface area contributed by atoms with Gasteiger partial charge >= 0.3 is 0 Å². The minimum Gasteiger partial charge on any atom is -0.497 e. The molecular formula is C18H19N5O3. The van der Waals surface area contributed by atoms with Crippen molar-refractivity contribution in [1.29, 1.82) is 0 Å². The fourth-order valence-corrected chi connectivity index (χ4v) is 2.53. The van der Waals surface area contributed by atoms with Gasteiger partial charge in [0.05, 0.1) is 12.8 Å². The van der Waals surface area contributed by atoms with E-state index in [1.807, 2.05) is 24.3 Å². The third-order valence-corrected chi connectivity index (χ3v) is 3.95. The van der Waals surface area contributed by atoms with E-state index in [4.69, 9.17) is 4.74 Å². The molecule has 0 spiro atoms. The maximum absolute atomic E-state index is 12.2. The number of rotatable bonds is 5. The second-order valence-corrected chi connectivity index (χ2v) is 5.86. The summed E-state index contributed by atoms with van der Waals surface area (Å²) in [6, 6.07) is 11.2. The molecule has 2 heterocycles. The highest BCUT2D eigenvalue weighted by Crippen LogP contribution is 2.16. The quantitative estimate of drug-likeness (QED) is 0.881. The molecule has 0 bridgehead atoms. The van der Waals surface area contributed by atoms with E-state index < -0.39 is 0 Å². The molecule has 2 aromatic rings. The van der Waals surface area contributed by atoms with E-state index in [2.05, 4.69) is 20.6 Å². The first-order chi connectivity index (χ1) is 12.5. The largest absolute Gasteiger partial charge is 0.497 e.